The molecule has 7 nitrogen and oxygen atoms in total. The van der Waals surface area contributed by atoms with Crippen molar-refractivity contribution in [1.82, 2.24) is 0 Å². The van der Waals surface area contributed by atoms with Gasteiger partial charge in [0.25, 0.3) is 0 Å². The molecule has 0 atom stereocenters. The van der Waals surface area contributed by atoms with Crippen LogP contribution >= 0.6 is 0 Å². The second-order valence-electron chi connectivity index (χ2n) is 0. The van der Waals surface area contributed by atoms with Crippen LogP contribution in [0.5, 0.6) is 0 Å². The Bertz CT molecular complexity index is 11.6. The van der Waals surface area contributed by atoms with Crippen LogP contribution in [0.15, 0.2) is 0 Å². The first-order chi connectivity index (χ1) is 0. The van der Waals surface area contributed by atoms with Crippen molar-refractivity contribution in [2.24, 2.45) is 0 Å². The van der Waals surface area contributed by atoms with Crippen LogP contribution in [0.1, 0.15) is 0 Å². The van der Waals surface area contributed by atoms with Gasteiger partial charge in [0, 0.05) is 0 Å². The summed E-state index contributed by atoms with van der Waals surface area (Å²) in [6.07, 6.45) is 0. The zero-order valence-corrected chi connectivity index (χ0v) is 8.68. The van der Waals surface area contributed by atoms with Gasteiger partial charge < -0.3 is 63.1 Å². The zero-order chi connectivity index (χ0) is 0. The number of hydrogen-bond donors (Lipinski definition) is 0. The molecule has 0 aromatic rings. The van der Waals surface area contributed by atoms with Crippen LogP contribution in [-0.4, -0.2) is 76.1 Å². The fourth-order valence-corrected chi connectivity index (χ4v) is 0. The molecule has 0 spiro atoms. The summed E-state index contributed by atoms with van der Waals surface area (Å²) in [6.45, 7) is 0. The summed E-state index contributed by atoms with van der Waals surface area (Å²) in [5.74, 6) is 0. The van der Waals surface area contributed by atoms with Crippen LogP contribution in [0.4, 0.5) is 0 Å². The predicted octanol–water partition coefficient (Wildman–Crippen LogP) is -12.1. The average molecular weight is 237 g/mol. The molecule has 0 aromatic heterocycles. The molecule has 0 bridgehead atoms. The van der Waals surface area contributed by atoms with E-state index in [4.69, 9.17) is 0 Å². The summed E-state index contributed by atoms with van der Waals surface area (Å²) in [5, 5.41) is 0. The van der Waals surface area contributed by atoms with E-state index >= 15 is 0 Å². The minimum Gasteiger partial charge on any atom is -1.00 e. The molecule has 72 valence electrons. The molecule has 0 rings (SSSR count). The van der Waals surface area contributed by atoms with E-state index in [-0.39, 0.29) is 101 Å². The first-order valence-corrected chi connectivity index (χ1v) is 0. The molecule has 0 saturated carbocycles. The van der Waals surface area contributed by atoms with E-state index in [0.717, 1.165) is 0 Å². The third-order valence-electron chi connectivity index (χ3n) is 0. The van der Waals surface area contributed by atoms with Gasteiger partial charge in [-0.05, 0) is 0 Å². The Morgan fingerprint density at radius 3 is 0.300 bits per heavy atom. The minimum absolute atomic E-state index is 0. The van der Waals surface area contributed by atoms with Crippen molar-refractivity contribution >= 4 is 37.7 Å². The van der Waals surface area contributed by atoms with E-state index in [1.807, 2.05) is 0 Å². The van der Waals surface area contributed by atoms with Crippen LogP contribution in [0.2, 0.25) is 0 Å². The van der Waals surface area contributed by atoms with Crippen molar-refractivity contribution in [3.63, 3.8) is 0 Å². The van der Waals surface area contributed by atoms with Crippen molar-refractivity contribution in [2.75, 3.05) is 0 Å². The fraction of sp³-hybridized carbons (Fsp3) is 0. The molecule has 0 amide bonds. The van der Waals surface area contributed by atoms with Crippen molar-refractivity contribution < 1.29 is 63.1 Å². The number of hydrogen-bond acceptors (Lipinski definition) is 0. The summed E-state index contributed by atoms with van der Waals surface area (Å²) in [5.41, 5.74) is 0. The Morgan fingerprint density at radius 1 is 0.300 bits per heavy atom. The Labute approximate surface area is 100 Å². The molecule has 0 aliphatic carbocycles. The summed E-state index contributed by atoms with van der Waals surface area (Å²) >= 11 is 0. The van der Waals surface area contributed by atoms with Gasteiger partial charge >= 0.3 is 37.7 Å². The first kappa shape index (κ1) is 530. The molecular formula is H14CaCl2O7. The van der Waals surface area contributed by atoms with E-state index in [1.54, 1.807) is 0 Å². The average Bonchev–Trinajstić information content (AvgIpc) is 0. The summed E-state index contributed by atoms with van der Waals surface area (Å²) in [6, 6.07) is 0. The molecule has 0 radical (unpaired) electrons. The summed E-state index contributed by atoms with van der Waals surface area (Å²) in [4.78, 5) is 0. The maximum absolute atomic E-state index is 0. The molecule has 0 aliphatic heterocycles. The van der Waals surface area contributed by atoms with E-state index < -0.39 is 0 Å². The topological polar surface area (TPSA) is 220 Å². The molecular weight excluding hydrogens is 223 g/mol. The third kappa shape index (κ3) is 288. The van der Waals surface area contributed by atoms with Gasteiger partial charge in [0.1, 0.15) is 0 Å². The van der Waals surface area contributed by atoms with Crippen LogP contribution in [0.25, 0.3) is 0 Å². The van der Waals surface area contributed by atoms with E-state index in [1.165, 1.54) is 0 Å². The van der Waals surface area contributed by atoms with Crippen LogP contribution < -0.4 is 24.8 Å². The molecule has 0 aliphatic rings. The molecule has 10 heavy (non-hydrogen) atoms. The second kappa shape index (κ2) is 397. The van der Waals surface area contributed by atoms with Crippen molar-refractivity contribution in [1.29, 1.82) is 0 Å². The van der Waals surface area contributed by atoms with Crippen LogP contribution in [0.3, 0.4) is 0 Å². The van der Waals surface area contributed by atoms with E-state index in [9.17, 15) is 0 Å². The van der Waals surface area contributed by atoms with Crippen LogP contribution in [0, 0.1) is 0 Å². The third-order valence-corrected chi connectivity index (χ3v) is 0. The Hall–Kier alpha value is 1.56. The number of rotatable bonds is 0. The molecule has 0 fully saturated rings. The van der Waals surface area contributed by atoms with Gasteiger partial charge in [0.2, 0.25) is 0 Å². The molecule has 0 aromatic carbocycles. The SMILES string of the molecule is O.O.O.O.O.O.O.[Ca+2].[Cl-].[Cl-]. The minimum atomic E-state index is 0. The van der Waals surface area contributed by atoms with Crippen molar-refractivity contribution in [3.05, 3.63) is 0 Å². The maximum atomic E-state index is 0. The molecule has 10 heteroatoms. The predicted molar refractivity (Wildman–Crippen MR) is 31.1 cm³/mol. The van der Waals surface area contributed by atoms with Crippen molar-refractivity contribution in [3.8, 4) is 0 Å². The Kier molecular flexibility index (Phi) is 21000. The molecule has 0 unspecified atom stereocenters. The Balaban J connectivity index is 0. The number of halogens is 2. The van der Waals surface area contributed by atoms with Gasteiger partial charge in [0.05, 0.1) is 0 Å². The smallest absolute Gasteiger partial charge is 1.00 e. The fourth-order valence-electron chi connectivity index (χ4n) is 0. The van der Waals surface area contributed by atoms with Gasteiger partial charge in [-0.3, -0.25) is 0 Å². The first-order valence-electron chi connectivity index (χ1n) is 0. The summed E-state index contributed by atoms with van der Waals surface area (Å²) in [7, 11) is 0. The quantitative estimate of drug-likeness (QED) is 0.358. The maximum Gasteiger partial charge on any atom is 2.00 e. The van der Waals surface area contributed by atoms with Gasteiger partial charge in [-0.25, -0.2) is 0 Å². The van der Waals surface area contributed by atoms with Crippen LogP contribution in [-0.2, 0) is 0 Å². The second-order valence-corrected chi connectivity index (χ2v) is 0. The zero-order valence-electron chi connectivity index (χ0n) is 4.96. The largest absolute Gasteiger partial charge is 2.00 e. The summed E-state index contributed by atoms with van der Waals surface area (Å²) < 4.78 is 0. The normalized spacial score (nSPS) is 0. The van der Waals surface area contributed by atoms with E-state index in [2.05, 4.69) is 0 Å². The standard InChI is InChI=1S/Ca.2ClH.7H2O/h;2*1H;7*1H2/q+2;;;;;;;;;/p-2. The Morgan fingerprint density at radius 2 is 0.300 bits per heavy atom. The van der Waals surface area contributed by atoms with Gasteiger partial charge in [-0.15, -0.1) is 0 Å². The molecule has 0 heterocycles. The van der Waals surface area contributed by atoms with Gasteiger partial charge in [-0.2, -0.15) is 0 Å². The molecule has 0 saturated heterocycles. The van der Waals surface area contributed by atoms with Gasteiger partial charge in [-0.1, -0.05) is 0 Å². The van der Waals surface area contributed by atoms with Crippen molar-refractivity contribution in [2.45, 2.75) is 0 Å². The molecule has 14 N–H and O–H groups in total. The monoisotopic (exact) mass is 236 g/mol. The van der Waals surface area contributed by atoms with E-state index in [0.29, 0.717) is 0 Å². The van der Waals surface area contributed by atoms with Gasteiger partial charge in [0.15, 0.2) is 0 Å².